The molecule has 0 spiro atoms. The molecule has 0 aliphatic carbocycles. The van der Waals surface area contributed by atoms with Crippen molar-refractivity contribution in [1.29, 1.82) is 0 Å². The van der Waals surface area contributed by atoms with Gasteiger partial charge in [-0.3, -0.25) is 0 Å². The highest BCUT2D eigenvalue weighted by Gasteiger charge is 2.16. The lowest BCUT2D eigenvalue weighted by Crippen LogP contribution is -2.00. The molecule has 1 rings (SSSR count). The molecular weight excluding hydrogens is 192 g/mol. The first kappa shape index (κ1) is 11.5. The van der Waals surface area contributed by atoms with Crippen molar-refractivity contribution in [3.8, 4) is 5.75 Å². The number of nitrogens with zero attached hydrogens (tertiary/aromatic N) is 1. The number of nitrogen functional groups attached to an aromatic ring is 1. The SMILES string of the molecule is CCc1cc(N)c(CC)c(OC)c1N=O. The molecule has 0 unspecified atom stereocenters. The molecule has 15 heavy (non-hydrogen) atoms. The van der Waals surface area contributed by atoms with Crippen LogP contribution in [0.5, 0.6) is 5.75 Å². The van der Waals surface area contributed by atoms with E-state index in [9.17, 15) is 4.91 Å². The number of rotatable bonds is 4. The maximum atomic E-state index is 10.8. The first-order valence-corrected chi connectivity index (χ1v) is 5.01. The van der Waals surface area contributed by atoms with Gasteiger partial charge in [-0.05, 0) is 29.6 Å². The third-order valence-electron chi connectivity index (χ3n) is 2.50. The Morgan fingerprint density at radius 1 is 1.40 bits per heavy atom. The monoisotopic (exact) mass is 208 g/mol. The second-order valence-electron chi connectivity index (χ2n) is 3.28. The van der Waals surface area contributed by atoms with Crippen LogP contribution in [0.1, 0.15) is 25.0 Å². The van der Waals surface area contributed by atoms with Crippen molar-refractivity contribution in [3.63, 3.8) is 0 Å². The molecule has 82 valence electrons. The molecule has 4 nitrogen and oxygen atoms in total. The van der Waals surface area contributed by atoms with Crippen molar-refractivity contribution in [2.45, 2.75) is 26.7 Å². The third kappa shape index (κ3) is 1.93. The first-order chi connectivity index (χ1) is 7.19. The minimum atomic E-state index is 0.381. The van der Waals surface area contributed by atoms with Crippen molar-refractivity contribution < 1.29 is 4.74 Å². The summed E-state index contributed by atoms with van der Waals surface area (Å²) in [5, 5.41) is 3.03. The smallest absolute Gasteiger partial charge is 0.153 e. The first-order valence-electron chi connectivity index (χ1n) is 5.01. The normalized spacial score (nSPS) is 10.1. The average Bonchev–Trinajstić information content (AvgIpc) is 2.27. The van der Waals surface area contributed by atoms with E-state index in [0.717, 1.165) is 17.5 Å². The van der Waals surface area contributed by atoms with E-state index in [1.165, 1.54) is 7.11 Å². The van der Waals surface area contributed by atoms with Crippen molar-refractivity contribution in [1.82, 2.24) is 0 Å². The molecule has 0 heterocycles. The standard InChI is InChI=1S/C11H16N2O2/c1-4-7-6-9(12)8(5-2)11(15-3)10(7)13-14/h6H,4-5,12H2,1-3H3. The minimum absolute atomic E-state index is 0.381. The van der Waals surface area contributed by atoms with Gasteiger partial charge in [0, 0.05) is 11.3 Å². The topological polar surface area (TPSA) is 64.7 Å². The average molecular weight is 208 g/mol. The minimum Gasteiger partial charge on any atom is -0.494 e. The highest BCUT2D eigenvalue weighted by molar-refractivity contribution is 5.70. The van der Waals surface area contributed by atoms with Gasteiger partial charge in [0.15, 0.2) is 11.4 Å². The molecule has 2 N–H and O–H groups in total. The van der Waals surface area contributed by atoms with E-state index in [1.54, 1.807) is 6.07 Å². The molecule has 0 fully saturated rings. The zero-order chi connectivity index (χ0) is 11.4. The van der Waals surface area contributed by atoms with Gasteiger partial charge >= 0.3 is 0 Å². The Balaban J connectivity index is 3.51. The maximum Gasteiger partial charge on any atom is 0.153 e. The van der Waals surface area contributed by atoms with E-state index < -0.39 is 0 Å². The summed E-state index contributed by atoms with van der Waals surface area (Å²) >= 11 is 0. The Morgan fingerprint density at radius 2 is 2.07 bits per heavy atom. The number of nitrogens with two attached hydrogens (primary N) is 1. The van der Waals surface area contributed by atoms with Crippen LogP contribution in [0.15, 0.2) is 11.2 Å². The molecule has 0 aliphatic rings. The molecule has 0 aliphatic heterocycles. The summed E-state index contributed by atoms with van der Waals surface area (Å²) in [6.07, 6.45) is 1.44. The van der Waals surface area contributed by atoms with Crippen molar-refractivity contribution in [2.75, 3.05) is 12.8 Å². The molecule has 0 saturated heterocycles. The number of hydrogen-bond donors (Lipinski definition) is 1. The van der Waals surface area contributed by atoms with E-state index in [-0.39, 0.29) is 0 Å². The Bertz CT molecular complexity index is 375. The summed E-state index contributed by atoms with van der Waals surface area (Å²) in [7, 11) is 1.53. The van der Waals surface area contributed by atoms with Crippen LogP contribution in [-0.2, 0) is 12.8 Å². The maximum absolute atomic E-state index is 10.8. The summed E-state index contributed by atoms with van der Waals surface area (Å²) in [6.45, 7) is 3.92. The van der Waals surface area contributed by atoms with Gasteiger partial charge < -0.3 is 10.5 Å². The van der Waals surface area contributed by atoms with Gasteiger partial charge in [-0.15, -0.1) is 4.91 Å². The van der Waals surface area contributed by atoms with E-state index in [2.05, 4.69) is 5.18 Å². The molecular formula is C11H16N2O2. The van der Waals surface area contributed by atoms with E-state index in [1.807, 2.05) is 13.8 Å². The number of methoxy groups -OCH3 is 1. The van der Waals surface area contributed by atoms with Gasteiger partial charge in [-0.1, -0.05) is 13.8 Å². The number of anilines is 1. The van der Waals surface area contributed by atoms with Gasteiger partial charge in [0.1, 0.15) is 0 Å². The zero-order valence-electron chi connectivity index (χ0n) is 9.33. The van der Waals surface area contributed by atoms with Gasteiger partial charge in [0.05, 0.1) is 7.11 Å². The summed E-state index contributed by atoms with van der Waals surface area (Å²) in [5.41, 5.74) is 8.61. The van der Waals surface area contributed by atoms with Crippen LogP contribution >= 0.6 is 0 Å². The lowest BCUT2D eigenvalue weighted by molar-refractivity contribution is 0.411. The predicted octanol–water partition coefficient (Wildman–Crippen LogP) is 2.80. The Kier molecular flexibility index (Phi) is 3.66. The van der Waals surface area contributed by atoms with E-state index in [4.69, 9.17) is 10.5 Å². The van der Waals surface area contributed by atoms with Crippen LogP contribution in [-0.4, -0.2) is 7.11 Å². The zero-order valence-corrected chi connectivity index (χ0v) is 9.33. The number of benzene rings is 1. The number of hydrogen-bond acceptors (Lipinski definition) is 4. The van der Waals surface area contributed by atoms with Crippen LogP contribution in [0.4, 0.5) is 11.4 Å². The lowest BCUT2D eigenvalue weighted by Gasteiger charge is -2.14. The molecule has 1 aromatic rings. The second kappa shape index (κ2) is 4.77. The molecule has 0 amide bonds. The van der Waals surface area contributed by atoms with Crippen LogP contribution in [0.25, 0.3) is 0 Å². The van der Waals surface area contributed by atoms with Gasteiger partial charge in [0.25, 0.3) is 0 Å². The van der Waals surface area contributed by atoms with Crippen molar-refractivity contribution in [3.05, 3.63) is 22.1 Å². The Morgan fingerprint density at radius 3 is 2.47 bits per heavy atom. The fourth-order valence-corrected chi connectivity index (χ4v) is 1.72. The van der Waals surface area contributed by atoms with Crippen LogP contribution < -0.4 is 10.5 Å². The molecule has 0 bridgehead atoms. The number of nitroso groups, excluding NO2 is 1. The van der Waals surface area contributed by atoms with Gasteiger partial charge in [-0.25, -0.2) is 0 Å². The molecule has 1 aromatic carbocycles. The van der Waals surface area contributed by atoms with Crippen molar-refractivity contribution >= 4 is 11.4 Å². The van der Waals surface area contributed by atoms with Crippen LogP contribution in [0.3, 0.4) is 0 Å². The van der Waals surface area contributed by atoms with Crippen molar-refractivity contribution in [2.24, 2.45) is 5.18 Å². The van der Waals surface area contributed by atoms with Crippen LogP contribution in [0, 0.1) is 4.91 Å². The lowest BCUT2D eigenvalue weighted by atomic mass is 10.0. The van der Waals surface area contributed by atoms with E-state index in [0.29, 0.717) is 23.5 Å². The number of ether oxygens (including phenoxy) is 1. The largest absolute Gasteiger partial charge is 0.494 e. The molecule has 0 radical (unpaired) electrons. The fraction of sp³-hybridized carbons (Fsp3) is 0.455. The quantitative estimate of drug-likeness (QED) is 0.611. The Labute approximate surface area is 89.4 Å². The van der Waals surface area contributed by atoms with Gasteiger partial charge in [0.2, 0.25) is 0 Å². The number of aryl methyl sites for hydroxylation is 1. The molecule has 0 atom stereocenters. The summed E-state index contributed by atoms with van der Waals surface area (Å²) in [4.78, 5) is 10.8. The molecule has 0 aromatic heterocycles. The highest BCUT2D eigenvalue weighted by Crippen LogP contribution is 2.39. The molecule has 4 heteroatoms. The summed E-state index contributed by atoms with van der Waals surface area (Å²) < 4.78 is 5.21. The predicted molar refractivity (Wildman–Crippen MR) is 61.6 cm³/mol. The summed E-state index contributed by atoms with van der Waals surface area (Å²) in [6, 6.07) is 1.80. The molecule has 0 saturated carbocycles. The van der Waals surface area contributed by atoms with E-state index >= 15 is 0 Å². The van der Waals surface area contributed by atoms with Crippen LogP contribution in [0.2, 0.25) is 0 Å². The van der Waals surface area contributed by atoms with Gasteiger partial charge in [-0.2, -0.15) is 0 Å². The fourth-order valence-electron chi connectivity index (χ4n) is 1.72. The third-order valence-corrected chi connectivity index (χ3v) is 2.50. The second-order valence-corrected chi connectivity index (χ2v) is 3.28. The summed E-state index contributed by atoms with van der Waals surface area (Å²) in [5.74, 6) is 0.518. The Hall–Kier alpha value is -1.58. The highest BCUT2D eigenvalue weighted by atomic mass is 16.5.